The van der Waals surface area contributed by atoms with Gasteiger partial charge in [-0.2, -0.15) is 0 Å². The van der Waals surface area contributed by atoms with E-state index in [0.717, 1.165) is 35.9 Å². The highest BCUT2D eigenvalue weighted by Crippen LogP contribution is 2.42. The molecule has 4 aliphatic carbocycles. The van der Waals surface area contributed by atoms with Crippen molar-refractivity contribution in [3.05, 3.63) is 0 Å². The molecule has 2 nitrogen and oxygen atoms in total. The summed E-state index contributed by atoms with van der Waals surface area (Å²) in [5.74, 6) is 3.11. The second-order valence-electron chi connectivity index (χ2n) is 11.0. The van der Waals surface area contributed by atoms with Gasteiger partial charge >= 0.3 is 0 Å². The summed E-state index contributed by atoms with van der Waals surface area (Å²) in [5, 5.41) is 0. The van der Waals surface area contributed by atoms with Crippen LogP contribution in [0, 0.1) is 17.8 Å². The normalized spacial score (nSPS) is 41.2. The monoisotopic (exact) mass is 389 g/mol. The maximum Gasteiger partial charge on any atom is 0.0572 e. The molecule has 0 heterocycles. The molecule has 0 unspecified atom stereocenters. The smallest absolute Gasteiger partial charge is 0.0572 e. The standard InChI is InChI=1S/C26H47NO/c1-20-8-12-23(13-9-20)27(25-16-18-26(28-2)19-17-25)24-14-10-22(11-15-24)21-6-4-3-5-7-21/h20-26H,3-19H2,1-2H3. The Balaban J connectivity index is 1.37. The topological polar surface area (TPSA) is 12.5 Å². The number of nitrogens with zero attached hydrogens (tertiary/aromatic N) is 1. The predicted octanol–water partition coefficient (Wildman–Crippen LogP) is 6.96. The zero-order valence-corrected chi connectivity index (χ0v) is 18.9. The SMILES string of the molecule is COC1CCC(N(C2CCC(C)CC2)C2CCC(C3CCCCC3)CC2)CC1. The van der Waals surface area contributed by atoms with Gasteiger partial charge in [0.15, 0.2) is 0 Å². The lowest BCUT2D eigenvalue weighted by Gasteiger charge is -2.50. The Morgan fingerprint density at radius 2 is 1.00 bits per heavy atom. The van der Waals surface area contributed by atoms with Gasteiger partial charge < -0.3 is 4.74 Å². The molecule has 0 aromatic carbocycles. The molecule has 4 saturated carbocycles. The fourth-order valence-corrected chi connectivity index (χ4v) is 7.49. The first-order chi connectivity index (χ1) is 13.7. The molecule has 162 valence electrons. The van der Waals surface area contributed by atoms with E-state index < -0.39 is 0 Å². The zero-order valence-electron chi connectivity index (χ0n) is 18.9. The van der Waals surface area contributed by atoms with Gasteiger partial charge in [-0.15, -0.1) is 0 Å². The van der Waals surface area contributed by atoms with Crippen LogP contribution in [-0.4, -0.2) is 36.2 Å². The highest BCUT2D eigenvalue weighted by Gasteiger charge is 2.38. The third-order valence-corrected chi connectivity index (χ3v) is 9.29. The van der Waals surface area contributed by atoms with Crippen LogP contribution in [0.1, 0.15) is 116 Å². The van der Waals surface area contributed by atoms with E-state index in [-0.39, 0.29) is 0 Å². The largest absolute Gasteiger partial charge is 0.381 e. The van der Waals surface area contributed by atoms with Crippen LogP contribution in [0.3, 0.4) is 0 Å². The third kappa shape index (κ3) is 5.15. The summed E-state index contributed by atoms with van der Waals surface area (Å²) in [6, 6.07) is 2.62. The van der Waals surface area contributed by atoms with Crippen LogP contribution in [0.25, 0.3) is 0 Å². The average Bonchev–Trinajstić information content (AvgIpc) is 2.77. The molecule has 0 amide bonds. The van der Waals surface area contributed by atoms with Crippen molar-refractivity contribution in [2.45, 2.75) is 140 Å². The summed E-state index contributed by atoms with van der Waals surface area (Å²) < 4.78 is 5.69. The Kier molecular flexibility index (Phi) is 7.78. The van der Waals surface area contributed by atoms with Crippen molar-refractivity contribution in [2.75, 3.05) is 7.11 Å². The number of methoxy groups -OCH3 is 1. The van der Waals surface area contributed by atoms with E-state index in [1.807, 2.05) is 7.11 Å². The molecule has 4 fully saturated rings. The lowest BCUT2D eigenvalue weighted by molar-refractivity contribution is -0.0199. The second kappa shape index (κ2) is 10.3. The lowest BCUT2D eigenvalue weighted by atomic mass is 9.71. The van der Waals surface area contributed by atoms with Gasteiger partial charge in [0, 0.05) is 25.2 Å². The van der Waals surface area contributed by atoms with Crippen molar-refractivity contribution >= 4 is 0 Å². The van der Waals surface area contributed by atoms with Gasteiger partial charge in [-0.25, -0.2) is 0 Å². The average molecular weight is 390 g/mol. The van der Waals surface area contributed by atoms with Crippen molar-refractivity contribution in [1.29, 1.82) is 0 Å². The van der Waals surface area contributed by atoms with E-state index in [2.05, 4.69) is 11.8 Å². The fourth-order valence-electron chi connectivity index (χ4n) is 7.49. The first kappa shape index (κ1) is 21.2. The minimum Gasteiger partial charge on any atom is -0.381 e. The molecule has 0 spiro atoms. The molecule has 0 N–H and O–H groups in total. The van der Waals surface area contributed by atoms with Gasteiger partial charge in [0.2, 0.25) is 0 Å². The summed E-state index contributed by atoms with van der Waals surface area (Å²) in [6.45, 7) is 2.47. The van der Waals surface area contributed by atoms with Crippen molar-refractivity contribution in [1.82, 2.24) is 4.90 Å². The number of hydrogen-bond acceptors (Lipinski definition) is 2. The number of hydrogen-bond donors (Lipinski definition) is 0. The molecule has 0 bridgehead atoms. The molecule has 0 saturated heterocycles. The Bertz CT molecular complexity index is 435. The van der Waals surface area contributed by atoms with Crippen LogP contribution < -0.4 is 0 Å². The van der Waals surface area contributed by atoms with E-state index >= 15 is 0 Å². The van der Waals surface area contributed by atoms with Gasteiger partial charge in [0.25, 0.3) is 0 Å². The van der Waals surface area contributed by atoms with Crippen molar-refractivity contribution in [2.24, 2.45) is 17.8 Å². The number of ether oxygens (including phenoxy) is 1. The molecule has 4 aliphatic rings. The highest BCUT2D eigenvalue weighted by molar-refractivity contribution is 4.93. The van der Waals surface area contributed by atoms with Gasteiger partial charge in [0.1, 0.15) is 0 Å². The molecular formula is C26H47NO. The van der Waals surface area contributed by atoms with E-state index in [1.54, 1.807) is 12.8 Å². The van der Waals surface area contributed by atoms with Crippen LogP contribution in [0.15, 0.2) is 0 Å². The van der Waals surface area contributed by atoms with Gasteiger partial charge in [-0.1, -0.05) is 39.0 Å². The molecule has 0 aromatic heterocycles. The zero-order chi connectivity index (χ0) is 19.3. The summed E-state index contributed by atoms with van der Waals surface area (Å²) in [6.07, 6.45) is 25.4. The van der Waals surface area contributed by atoms with Crippen molar-refractivity contribution in [3.63, 3.8) is 0 Å². The van der Waals surface area contributed by atoms with Gasteiger partial charge in [0.05, 0.1) is 6.10 Å². The molecule has 28 heavy (non-hydrogen) atoms. The van der Waals surface area contributed by atoms with Crippen LogP contribution in [0.2, 0.25) is 0 Å². The van der Waals surface area contributed by atoms with Crippen molar-refractivity contribution in [3.8, 4) is 0 Å². The van der Waals surface area contributed by atoms with Crippen LogP contribution >= 0.6 is 0 Å². The molecule has 0 radical (unpaired) electrons. The van der Waals surface area contributed by atoms with E-state index in [0.29, 0.717) is 6.10 Å². The van der Waals surface area contributed by atoms with E-state index in [4.69, 9.17) is 4.74 Å². The van der Waals surface area contributed by atoms with Crippen LogP contribution in [0.4, 0.5) is 0 Å². The summed E-state index contributed by atoms with van der Waals surface area (Å²) >= 11 is 0. The minimum absolute atomic E-state index is 0.534. The Morgan fingerprint density at radius 3 is 1.54 bits per heavy atom. The van der Waals surface area contributed by atoms with E-state index in [9.17, 15) is 0 Å². The third-order valence-electron chi connectivity index (χ3n) is 9.29. The fraction of sp³-hybridized carbons (Fsp3) is 1.00. The first-order valence-electron chi connectivity index (χ1n) is 13.0. The Morgan fingerprint density at radius 1 is 0.536 bits per heavy atom. The quantitative estimate of drug-likeness (QED) is 0.503. The molecule has 0 aliphatic heterocycles. The summed E-state index contributed by atoms with van der Waals surface area (Å²) in [5.41, 5.74) is 0. The lowest BCUT2D eigenvalue weighted by Crippen LogP contribution is -2.53. The van der Waals surface area contributed by atoms with Gasteiger partial charge in [-0.3, -0.25) is 4.90 Å². The minimum atomic E-state index is 0.534. The second-order valence-corrected chi connectivity index (χ2v) is 11.0. The molecule has 2 heteroatoms. The van der Waals surface area contributed by atoms with E-state index in [1.165, 1.54) is 96.3 Å². The maximum absolute atomic E-state index is 5.69. The summed E-state index contributed by atoms with van der Waals surface area (Å²) in [4.78, 5) is 3.12. The Labute approximate surface area is 175 Å². The van der Waals surface area contributed by atoms with Gasteiger partial charge in [-0.05, 0) is 94.8 Å². The Hall–Kier alpha value is -0.0800. The predicted molar refractivity (Wildman–Crippen MR) is 119 cm³/mol. The van der Waals surface area contributed by atoms with Crippen LogP contribution in [0.5, 0.6) is 0 Å². The maximum atomic E-state index is 5.69. The van der Waals surface area contributed by atoms with Crippen LogP contribution in [-0.2, 0) is 4.74 Å². The molecule has 0 atom stereocenters. The molecule has 0 aromatic rings. The summed E-state index contributed by atoms with van der Waals surface area (Å²) in [7, 11) is 1.91. The molecule has 4 rings (SSSR count). The first-order valence-corrected chi connectivity index (χ1v) is 13.0. The molecular weight excluding hydrogens is 342 g/mol. The number of rotatable bonds is 5. The van der Waals surface area contributed by atoms with Crippen molar-refractivity contribution < 1.29 is 4.74 Å². The highest BCUT2D eigenvalue weighted by atomic mass is 16.5.